The summed E-state index contributed by atoms with van der Waals surface area (Å²) in [7, 11) is 3.83. The van der Waals surface area contributed by atoms with Gasteiger partial charge in [0, 0.05) is 24.9 Å². The largest absolute Gasteiger partial charge is 0.508 e. The maximum absolute atomic E-state index is 13.8. The third kappa shape index (κ3) is 4.65. The Balaban J connectivity index is 1.72. The molecule has 2 unspecified atom stereocenters. The van der Waals surface area contributed by atoms with E-state index in [9.17, 15) is 14.7 Å². The molecule has 5 rings (SSSR count). The highest BCUT2D eigenvalue weighted by Gasteiger charge is 2.42. The molecule has 3 aromatic carbocycles. The van der Waals surface area contributed by atoms with Crippen molar-refractivity contribution in [2.24, 2.45) is 0 Å². The number of hydrogen-bond donors (Lipinski definition) is 1. The summed E-state index contributed by atoms with van der Waals surface area (Å²) in [4.78, 5) is 28.5. The van der Waals surface area contributed by atoms with Crippen molar-refractivity contribution in [3.8, 4) is 11.5 Å². The number of amides is 1. The number of fused-ring (bicyclic) bond motifs is 1. The van der Waals surface area contributed by atoms with E-state index in [2.05, 4.69) is 12.9 Å². The van der Waals surface area contributed by atoms with Gasteiger partial charge in [-0.2, -0.15) is 0 Å². The van der Waals surface area contributed by atoms with Gasteiger partial charge in [0.1, 0.15) is 32.4 Å². The summed E-state index contributed by atoms with van der Waals surface area (Å²) in [6, 6.07) is 27.6. The summed E-state index contributed by atoms with van der Waals surface area (Å²) in [6.07, 6.45) is 2.81. The third-order valence-corrected chi connectivity index (χ3v) is 6.94. The van der Waals surface area contributed by atoms with E-state index in [1.807, 2.05) is 72.8 Å². The Bertz CT molecular complexity index is 1480. The topological polar surface area (TPSA) is 75.0 Å². The molecule has 7 nitrogen and oxygen atoms in total. The lowest BCUT2D eigenvalue weighted by molar-refractivity contribution is 0.0609. The number of benzene rings is 3. The molecule has 1 aromatic heterocycles. The number of carbonyl (C=O) groups is 1. The van der Waals surface area contributed by atoms with E-state index in [1.165, 1.54) is 6.07 Å². The minimum Gasteiger partial charge on any atom is -0.508 e. The van der Waals surface area contributed by atoms with Gasteiger partial charge in [0.25, 0.3) is 5.91 Å². The van der Waals surface area contributed by atoms with Gasteiger partial charge in [0.2, 0.25) is 5.43 Å². The number of phenolic OH excluding ortho intramolecular Hbond substituents is 1. The number of ether oxygens (including phenoxy) is 1. The summed E-state index contributed by atoms with van der Waals surface area (Å²) in [5.74, 6) is -0.124. The molecule has 8 heteroatoms. The van der Waals surface area contributed by atoms with Crippen LogP contribution in [0.3, 0.4) is 0 Å². The molecule has 1 aliphatic heterocycles. The zero-order valence-corrected chi connectivity index (χ0v) is 21.5. The maximum atomic E-state index is 13.8. The summed E-state index contributed by atoms with van der Waals surface area (Å²) < 4.78 is 7.79. The molecular weight excluding hydrogens is 477 g/mol. The molecule has 192 valence electrons. The van der Waals surface area contributed by atoms with E-state index in [-0.39, 0.29) is 41.3 Å². The Kier molecular flexibility index (Phi) is 7.22. The molecule has 0 saturated heterocycles. The Morgan fingerprint density at radius 1 is 0.921 bits per heavy atom. The Morgan fingerprint density at radius 3 is 2.26 bits per heavy atom. The number of carbonyl (C=O) groups excluding carboxylic acids is 1. The van der Waals surface area contributed by atoms with Gasteiger partial charge >= 0.3 is 0 Å². The normalized spacial score (nSPS) is 15.7. The van der Waals surface area contributed by atoms with Crippen LogP contribution in [0.25, 0.3) is 0 Å². The Morgan fingerprint density at radius 2 is 1.58 bits per heavy atom. The zero-order chi connectivity index (χ0) is 26.6. The molecule has 1 amide bonds. The van der Waals surface area contributed by atoms with E-state index in [0.29, 0.717) is 12.0 Å². The predicted octanol–water partition coefficient (Wildman–Crippen LogP) is 3.71. The summed E-state index contributed by atoms with van der Waals surface area (Å²) in [6.45, 7) is 0.157. The number of para-hydroxylation sites is 1. The number of aromatic nitrogens is 1. The molecule has 0 aliphatic carbocycles. The fourth-order valence-corrected chi connectivity index (χ4v) is 5.10. The van der Waals surface area contributed by atoms with Crippen LogP contribution in [0, 0.1) is 0 Å². The first-order chi connectivity index (χ1) is 18.5. The monoisotopic (exact) mass is 507 g/mol. The van der Waals surface area contributed by atoms with Crippen LogP contribution in [-0.4, -0.2) is 41.6 Å². The number of aromatic hydroxyl groups is 1. The van der Waals surface area contributed by atoms with Crippen molar-refractivity contribution in [1.29, 1.82) is 0 Å². The lowest BCUT2D eigenvalue weighted by atomic mass is 9.94. The molecule has 4 aromatic rings. The average Bonchev–Trinajstić information content (AvgIpc) is 2.94. The van der Waals surface area contributed by atoms with Gasteiger partial charge in [-0.3, -0.25) is 19.3 Å². The molecule has 0 spiro atoms. The minimum atomic E-state index is -0.451. The number of rotatable bonds is 8. The van der Waals surface area contributed by atoms with Crippen molar-refractivity contribution < 1.29 is 14.6 Å². The van der Waals surface area contributed by atoms with Crippen LogP contribution in [0.1, 0.15) is 39.6 Å². The number of hydrogen-bond acceptors (Lipinski definition) is 5. The minimum absolute atomic E-state index is 0.0113. The fourth-order valence-electron chi connectivity index (χ4n) is 5.10. The van der Waals surface area contributed by atoms with E-state index >= 15 is 0 Å². The Hall–Kier alpha value is -4.46. The quantitative estimate of drug-likeness (QED) is 0.368. The first kappa shape index (κ1) is 25.2. The first-order valence-corrected chi connectivity index (χ1v) is 12.8. The highest BCUT2D eigenvalue weighted by molar-refractivity contribution is 6.08. The first-order valence-electron chi connectivity index (χ1n) is 12.8. The second-order valence-corrected chi connectivity index (χ2v) is 9.41. The van der Waals surface area contributed by atoms with Crippen molar-refractivity contribution in [2.45, 2.75) is 31.6 Å². The van der Waals surface area contributed by atoms with Gasteiger partial charge < -0.3 is 14.7 Å². The van der Waals surface area contributed by atoms with Gasteiger partial charge in [0.15, 0.2) is 11.4 Å². The molecule has 1 N–H and O–H groups in total. The SMILES string of the molecule is BCCC1N(C)C(=O)c2c(OCc3ccccc3)c(=O)ccn2N1C(c1ccccc1)c1ccccc1O. The van der Waals surface area contributed by atoms with Crippen LogP contribution in [-0.2, 0) is 6.61 Å². The van der Waals surface area contributed by atoms with Gasteiger partial charge in [0.05, 0.1) is 0 Å². The molecule has 0 saturated carbocycles. The standard InChI is InChI=1S/C30H30BN3O4/c1-32-26(16-18-31)34(27(22-12-6-3-7-13-22)23-14-8-9-15-24(23)35)33-19-17-25(36)29(28(33)30(32)37)38-20-21-10-4-2-5-11-21/h2-15,17,19,26-27,35H,16,18,20,31H2,1H3. The van der Waals surface area contributed by atoms with Crippen molar-refractivity contribution in [3.05, 3.63) is 130 Å². The predicted molar refractivity (Wildman–Crippen MR) is 150 cm³/mol. The second kappa shape index (κ2) is 10.9. The Labute approximate surface area is 222 Å². The van der Waals surface area contributed by atoms with E-state index in [0.717, 1.165) is 17.4 Å². The molecular formula is C30H30BN3O4. The van der Waals surface area contributed by atoms with Gasteiger partial charge in [-0.25, -0.2) is 0 Å². The van der Waals surface area contributed by atoms with E-state index < -0.39 is 6.04 Å². The fraction of sp³-hybridized carbons (Fsp3) is 0.200. The van der Waals surface area contributed by atoms with Gasteiger partial charge in [-0.15, -0.1) is 0 Å². The van der Waals surface area contributed by atoms with Gasteiger partial charge in [-0.1, -0.05) is 85.2 Å². The third-order valence-electron chi connectivity index (χ3n) is 6.94. The van der Waals surface area contributed by atoms with Crippen LogP contribution in [0.5, 0.6) is 11.5 Å². The van der Waals surface area contributed by atoms with Crippen molar-refractivity contribution in [1.82, 2.24) is 9.58 Å². The van der Waals surface area contributed by atoms with E-state index in [4.69, 9.17) is 4.74 Å². The van der Waals surface area contributed by atoms with Crippen LogP contribution in [0.15, 0.2) is 102 Å². The smallest absolute Gasteiger partial charge is 0.277 e. The molecule has 0 bridgehead atoms. The van der Waals surface area contributed by atoms with Crippen molar-refractivity contribution in [3.63, 3.8) is 0 Å². The lowest BCUT2D eigenvalue weighted by Gasteiger charge is -2.49. The molecule has 1 aliphatic rings. The molecule has 2 heterocycles. The van der Waals surface area contributed by atoms with Crippen molar-refractivity contribution in [2.75, 3.05) is 12.1 Å². The molecule has 0 fully saturated rings. The van der Waals surface area contributed by atoms with Crippen LogP contribution < -0.4 is 15.2 Å². The highest BCUT2D eigenvalue weighted by atomic mass is 16.5. The van der Waals surface area contributed by atoms with E-state index in [1.54, 1.807) is 35.0 Å². The summed E-state index contributed by atoms with van der Waals surface area (Å²) >= 11 is 0. The second-order valence-electron chi connectivity index (χ2n) is 9.41. The summed E-state index contributed by atoms with van der Waals surface area (Å²) in [5, 5.41) is 13.0. The van der Waals surface area contributed by atoms with Gasteiger partial charge in [-0.05, 0) is 23.6 Å². The average molecular weight is 507 g/mol. The lowest BCUT2D eigenvalue weighted by Crippen LogP contribution is -2.61. The number of phenols is 1. The molecule has 2 atom stereocenters. The summed E-state index contributed by atoms with van der Waals surface area (Å²) in [5.41, 5.74) is 2.33. The van der Waals surface area contributed by atoms with Crippen LogP contribution in [0.2, 0.25) is 6.32 Å². The molecule has 38 heavy (non-hydrogen) atoms. The van der Waals surface area contributed by atoms with Crippen LogP contribution in [0.4, 0.5) is 0 Å². The van der Waals surface area contributed by atoms with Crippen LogP contribution >= 0.6 is 0 Å². The number of nitrogens with zero attached hydrogens (tertiary/aromatic N) is 3. The number of pyridine rings is 1. The maximum Gasteiger partial charge on any atom is 0.277 e. The van der Waals surface area contributed by atoms with Crippen molar-refractivity contribution >= 4 is 13.8 Å². The molecule has 0 radical (unpaired) electrons. The highest BCUT2D eigenvalue weighted by Crippen LogP contribution is 2.38. The zero-order valence-electron chi connectivity index (χ0n) is 21.5.